The first-order chi connectivity index (χ1) is 21.9. The first-order valence-corrected chi connectivity index (χ1v) is 16.4. The zero-order chi connectivity index (χ0) is 32.4. The number of azo groups is 1. The fraction of sp³-hybridized carbons (Fsp3) is 0.293. The molecule has 8 rings (SSSR count). The monoisotopic (exact) mass is 587 g/mol. The topological polar surface area (TPSA) is 37.1 Å². The van der Waals surface area contributed by atoms with Crippen LogP contribution in [0.3, 0.4) is 0 Å². The SMILES string of the molecule is C1=Cc2ccccc2C1.C1=Cc2ccccc2C1.C1=Nc2ccccc2C1.CC.CC.CC.CC.c1ccc2c(c1)CN=N2. The minimum atomic E-state index is 0.760. The number of hydrogen-bond acceptors (Lipinski definition) is 3. The van der Waals surface area contributed by atoms with Crippen LogP contribution in [-0.4, -0.2) is 6.21 Å². The molecule has 0 spiro atoms. The first-order valence-electron chi connectivity index (χ1n) is 16.4. The van der Waals surface area contributed by atoms with Crippen molar-refractivity contribution in [1.29, 1.82) is 0 Å². The van der Waals surface area contributed by atoms with E-state index in [9.17, 15) is 0 Å². The molecule has 44 heavy (non-hydrogen) atoms. The molecule has 0 radical (unpaired) electrons. The van der Waals surface area contributed by atoms with Gasteiger partial charge in [-0.3, -0.25) is 4.99 Å². The molecular formula is C41H53N3. The van der Waals surface area contributed by atoms with E-state index in [-0.39, 0.29) is 0 Å². The Balaban J connectivity index is 0.000000272. The summed E-state index contributed by atoms with van der Waals surface area (Å²) in [6.07, 6.45) is 14.0. The summed E-state index contributed by atoms with van der Waals surface area (Å²) >= 11 is 0. The van der Waals surface area contributed by atoms with Crippen molar-refractivity contribution in [2.24, 2.45) is 15.2 Å². The molecule has 4 aromatic carbocycles. The minimum Gasteiger partial charge on any atom is -0.261 e. The van der Waals surface area contributed by atoms with E-state index in [1.807, 2.05) is 98.0 Å². The average molecular weight is 588 g/mol. The van der Waals surface area contributed by atoms with E-state index in [0.717, 1.165) is 37.2 Å². The Labute approximate surface area is 268 Å². The van der Waals surface area contributed by atoms with Crippen molar-refractivity contribution in [3.05, 3.63) is 143 Å². The van der Waals surface area contributed by atoms with Gasteiger partial charge in [-0.1, -0.05) is 165 Å². The third-order valence-corrected chi connectivity index (χ3v) is 6.32. The van der Waals surface area contributed by atoms with Gasteiger partial charge in [0.2, 0.25) is 0 Å². The summed E-state index contributed by atoms with van der Waals surface area (Å²) in [6.45, 7) is 16.8. The second-order valence-electron chi connectivity index (χ2n) is 8.78. The lowest BCUT2D eigenvalue weighted by Gasteiger charge is -1.93. The second-order valence-corrected chi connectivity index (χ2v) is 8.78. The van der Waals surface area contributed by atoms with E-state index >= 15 is 0 Å². The highest BCUT2D eigenvalue weighted by atomic mass is 15.1. The van der Waals surface area contributed by atoms with Crippen molar-refractivity contribution in [3.8, 4) is 0 Å². The molecule has 2 heterocycles. The van der Waals surface area contributed by atoms with Gasteiger partial charge in [0.15, 0.2) is 0 Å². The molecule has 0 unspecified atom stereocenters. The van der Waals surface area contributed by atoms with Crippen LogP contribution in [0.5, 0.6) is 0 Å². The number of fused-ring (bicyclic) bond motifs is 4. The fourth-order valence-electron chi connectivity index (χ4n) is 4.37. The highest BCUT2D eigenvalue weighted by molar-refractivity contribution is 5.75. The molecule has 0 amide bonds. The molecule has 0 atom stereocenters. The number of rotatable bonds is 0. The smallest absolute Gasteiger partial charge is 0.0904 e. The van der Waals surface area contributed by atoms with Gasteiger partial charge < -0.3 is 0 Å². The number of allylic oxidation sites excluding steroid dienone is 2. The Morgan fingerprint density at radius 1 is 0.432 bits per heavy atom. The van der Waals surface area contributed by atoms with Gasteiger partial charge in [-0.2, -0.15) is 10.2 Å². The zero-order valence-corrected chi connectivity index (χ0v) is 28.3. The molecule has 0 N–H and O–H groups in total. The van der Waals surface area contributed by atoms with E-state index in [4.69, 9.17) is 0 Å². The third-order valence-electron chi connectivity index (χ3n) is 6.32. The molecule has 4 aliphatic rings. The van der Waals surface area contributed by atoms with Crippen LogP contribution >= 0.6 is 0 Å². The molecule has 2 aliphatic carbocycles. The van der Waals surface area contributed by atoms with Gasteiger partial charge in [0, 0.05) is 18.2 Å². The number of hydrogen-bond donors (Lipinski definition) is 0. The molecule has 2 aliphatic heterocycles. The minimum absolute atomic E-state index is 0.760. The number of benzene rings is 4. The maximum atomic E-state index is 4.17. The van der Waals surface area contributed by atoms with E-state index in [1.165, 1.54) is 33.4 Å². The van der Waals surface area contributed by atoms with Gasteiger partial charge in [-0.15, -0.1) is 0 Å². The number of nitrogens with zero attached hydrogens (tertiary/aromatic N) is 3. The molecule has 4 aromatic rings. The summed E-state index contributed by atoms with van der Waals surface area (Å²) in [5.41, 5.74) is 10.4. The normalized spacial score (nSPS) is 11.8. The summed E-state index contributed by atoms with van der Waals surface area (Å²) in [5, 5.41) is 7.80. The molecule has 0 aromatic heterocycles. The van der Waals surface area contributed by atoms with Crippen LogP contribution < -0.4 is 0 Å². The van der Waals surface area contributed by atoms with E-state index in [0.29, 0.717) is 0 Å². The lowest BCUT2D eigenvalue weighted by atomic mass is 10.1. The molecule has 0 fully saturated rings. The first kappa shape index (κ1) is 37.7. The van der Waals surface area contributed by atoms with Crippen molar-refractivity contribution in [2.75, 3.05) is 0 Å². The molecule has 3 heteroatoms. The van der Waals surface area contributed by atoms with Crippen LogP contribution in [-0.2, 0) is 25.8 Å². The summed E-state index contributed by atoms with van der Waals surface area (Å²) in [4.78, 5) is 4.17. The van der Waals surface area contributed by atoms with Crippen molar-refractivity contribution < 1.29 is 0 Å². The quantitative estimate of drug-likeness (QED) is 0.196. The van der Waals surface area contributed by atoms with Gasteiger partial charge in [0.05, 0.1) is 17.9 Å². The maximum Gasteiger partial charge on any atom is 0.0904 e. The molecule has 0 saturated carbocycles. The van der Waals surface area contributed by atoms with Crippen LogP contribution in [0.1, 0.15) is 88.8 Å². The Morgan fingerprint density at radius 2 is 0.864 bits per heavy atom. The Morgan fingerprint density at radius 3 is 1.34 bits per heavy atom. The molecule has 232 valence electrons. The standard InChI is InChI=1S/2C9H8.C8H7N.C7H6N2.4C2H6/c2*1-2-5-9-7-3-6-8(9)4-1;1-2-4-8-7(3-1)5-6-9-8;1-2-4-7-6(3-1)5-8-9-7;4*1-2/h2*1-6H,7H2;1-4,6H,5H2;1-4H,5H2;4*1-2H3. The summed E-state index contributed by atoms with van der Waals surface area (Å²) < 4.78 is 0. The molecule has 0 bridgehead atoms. The predicted octanol–water partition coefficient (Wildman–Crippen LogP) is 12.8. The van der Waals surface area contributed by atoms with Gasteiger partial charge in [0.1, 0.15) is 0 Å². The second kappa shape index (κ2) is 24.1. The Hall–Kier alpha value is -4.37. The van der Waals surface area contributed by atoms with Crippen molar-refractivity contribution in [2.45, 2.75) is 81.2 Å². The summed E-state index contributed by atoms with van der Waals surface area (Å²) in [7, 11) is 0. The van der Waals surface area contributed by atoms with Gasteiger partial charge in [0.25, 0.3) is 0 Å². The number of aliphatic imine (C=N–C) groups is 1. The lowest BCUT2D eigenvalue weighted by molar-refractivity contribution is 1.04. The van der Waals surface area contributed by atoms with Gasteiger partial charge in [-0.25, -0.2) is 0 Å². The van der Waals surface area contributed by atoms with Gasteiger partial charge in [-0.05, 0) is 52.8 Å². The third kappa shape index (κ3) is 12.5. The van der Waals surface area contributed by atoms with Crippen molar-refractivity contribution >= 4 is 29.7 Å². The van der Waals surface area contributed by atoms with Crippen LogP contribution in [0.15, 0.2) is 124 Å². The van der Waals surface area contributed by atoms with Crippen LogP contribution in [0.4, 0.5) is 11.4 Å². The summed E-state index contributed by atoms with van der Waals surface area (Å²) in [5.74, 6) is 0. The van der Waals surface area contributed by atoms with Gasteiger partial charge >= 0.3 is 0 Å². The predicted molar refractivity (Wildman–Crippen MR) is 197 cm³/mol. The average Bonchev–Trinajstić information content (AvgIpc) is 3.96. The van der Waals surface area contributed by atoms with Crippen molar-refractivity contribution in [3.63, 3.8) is 0 Å². The highest BCUT2D eigenvalue weighted by Crippen LogP contribution is 2.25. The zero-order valence-electron chi connectivity index (χ0n) is 28.3. The van der Waals surface area contributed by atoms with Crippen LogP contribution in [0.2, 0.25) is 0 Å². The lowest BCUT2D eigenvalue weighted by Crippen LogP contribution is -1.76. The van der Waals surface area contributed by atoms with E-state index in [2.05, 4.69) is 100 Å². The van der Waals surface area contributed by atoms with Crippen molar-refractivity contribution in [1.82, 2.24) is 0 Å². The summed E-state index contributed by atoms with van der Waals surface area (Å²) in [6, 6.07) is 33.2. The highest BCUT2D eigenvalue weighted by Gasteiger charge is 2.04. The maximum absolute atomic E-state index is 4.17. The Bertz CT molecular complexity index is 1220. The molecule has 3 nitrogen and oxygen atoms in total. The fourth-order valence-corrected chi connectivity index (χ4v) is 4.37. The van der Waals surface area contributed by atoms with Crippen LogP contribution in [0, 0.1) is 0 Å². The Kier molecular flexibility index (Phi) is 20.6. The number of para-hydroxylation sites is 1. The molecular weight excluding hydrogens is 534 g/mol. The molecule has 0 saturated heterocycles. The van der Waals surface area contributed by atoms with E-state index in [1.54, 1.807) is 0 Å². The van der Waals surface area contributed by atoms with Crippen LogP contribution in [0.25, 0.3) is 12.2 Å². The van der Waals surface area contributed by atoms with E-state index < -0.39 is 0 Å². The largest absolute Gasteiger partial charge is 0.261 e.